The fourth-order valence-electron chi connectivity index (χ4n) is 1.89. The first-order valence-corrected chi connectivity index (χ1v) is 6.02. The van der Waals surface area contributed by atoms with Gasteiger partial charge in [0.1, 0.15) is 11.3 Å². The fourth-order valence-corrected chi connectivity index (χ4v) is 1.89. The van der Waals surface area contributed by atoms with E-state index in [9.17, 15) is 9.90 Å². The molecule has 0 bridgehead atoms. The van der Waals surface area contributed by atoms with Crippen molar-refractivity contribution in [2.45, 2.75) is 18.9 Å². The second-order valence-corrected chi connectivity index (χ2v) is 4.54. The molecule has 1 amide bonds. The first-order chi connectivity index (χ1) is 8.63. The van der Waals surface area contributed by atoms with Crippen molar-refractivity contribution in [2.75, 3.05) is 19.4 Å². The summed E-state index contributed by atoms with van der Waals surface area (Å²) in [6.45, 7) is 0.251. The summed E-state index contributed by atoms with van der Waals surface area (Å²) in [5.74, 6) is 0.457. The van der Waals surface area contributed by atoms with Gasteiger partial charge in [-0.05, 0) is 30.9 Å². The smallest absolute Gasteiger partial charge is 0.257 e. The third-order valence-electron chi connectivity index (χ3n) is 3.14. The SMILES string of the molecule is COc1cccc(N)c1C(=O)NCC(O)C1CC1. The minimum Gasteiger partial charge on any atom is -0.496 e. The van der Waals surface area contributed by atoms with Gasteiger partial charge in [-0.2, -0.15) is 0 Å². The standard InChI is InChI=1S/C13H18N2O3/c1-18-11-4-2-3-9(14)12(11)13(17)15-7-10(16)8-5-6-8/h2-4,8,10,16H,5-7,14H2,1H3,(H,15,17). The van der Waals surface area contributed by atoms with Gasteiger partial charge in [0.15, 0.2) is 0 Å². The molecule has 1 unspecified atom stereocenters. The Kier molecular flexibility index (Phi) is 3.72. The predicted molar refractivity (Wildman–Crippen MR) is 68.5 cm³/mol. The second kappa shape index (κ2) is 5.27. The van der Waals surface area contributed by atoms with Crippen LogP contribution in [0.5, 0.6) is 5.75 Å². The van der Waals surface area contributed by atoms with Gasteiger partial charge in [-0.1, -0.05) is 6.07 Å². The summed E-state index contributed by atoms with van der Waals surface area (Å²) in [5.41, 5.74) is 6.46. The number of rotatable bonds is 5. The zero-order valence-corrected chi connectivity index (χ0v) is 10.3. The van der Waals surface area contributed by atoms with Gasteiger partial charge in [-0.3, -0.25) is 4.79 Å². The third kappa shape index (κ3) is 2.73. The van der Waals surface area contributed by atoms with Crippen molar-refractivity contribution < 1.29 is 14.6 Å². The first kappa shape index (κ1) is 12.7. The van der Waals surface area contributed by atoms with E-state index >= 15 is 0 Å². The average Bonchev–Trinajstić information content (AvgIpc) is 3.19. The molecule has 5 heteroatoms. The number of carbonyl (C=O) groups excluding carboxylic acids is 1. The molecule has 2 rings (SSSR count). The number of hydrogen-bond donors (Lipinski definition) is 3. The Hall–Kier alpha value is -1.75. The number of methoxy groups -OCH3 is 1. The number of benzene rings is 1. The summed E-state index contributed by atoms with van der Waals surface area (Å²) >= 11 is 0. The molecule has 0 radical (unpaired) electrons. The lowest BCUT2D eigenvalue weighted by Gasteiger charge is -2.13. The number of aliphatic hydroxyl groups is 1. The summed E-state index contributed by atoms with van der Waals surface area (Å²) in [4.78, 5) is 12.0. The van der Waals surface area contributed by atoms with Crippen LogP contribution in [0.1, 0.15) is 23.2 Å². The van der Waals surface area contributed by atoms with Gasteiger partial charge >= 0.3 is 0 Å². The number of carbonyl (C=O) groups is 1. The summed E-state index contributed by atoms with van der Waals surface area (Å²) < 4.78 is 5.11. The van der Waals surface area contributed by atoms with E-state index < -0.39 is 6.10 Å². The van der Waals surface area contributed by atoms with Crippen LogP contribution < -0.4 is 15.8 Å². The third-order valence-corrected chi connectivity index (χ3v) is 3.14. The van der Waals surface area contributed by atoms with Gasteiger partial charge in [0.05, 0.1) is 13.2 Å². The zero-order chi connectivity index (χ0) is 13.1. The Labute approximate surface area is 106 Å². The molecule has 0 aliphatic heterocycles. The number of amides is 1. The van der Waals surface area contributed by atoms with Crippen LogP contribution in [0.15, 0.2) is 18.2 Å². The lowest BCUT2D eigenvalue weighted by Crippen LogP contribution is -2.33. The molecule has 5 nitrogen and oxygen atoms in total. The van der Waals surface area contributed by atoms with Crippen LogP contribution >= 0.6 is 0 Å². The van der Waals surface area contributed by atoms with Crippen LogP contribution in [0.4, 0.5) is 5.69 Å². The average molecular weight is 250 g/mol. The number of ether oxygens (including phenoxy) is 1. The molecule has 1 fully saturated rings. The highest BCUT2D eigenvalue weighted by molar-refractivity contribution is 6.01. The van der Waals surface area contributed by atoms with Crippen LogP contribution in [0.25, 0.3) is 0 Å². The van der Waals surface area contributed by atoms with E-state index in [-0.39, 0.29) is 12.5 Å². The second-order valence-electron chi connectivity index (χ2n) is 4.54. The number of aliphatic hydroxyl groups excluding tert-OH is 1. The normalized spacial score (nSPS) is 16.1. The Morgan fingerprint density at radius 3 is 2.94 bits per heavy atom. The molecular formula is C13H18N2O3. The number of hydrogen-bond acceptors (Lipinski definition) is 4. The minimum atomic E-state index is -0.468. The first-order valence-electron chi connectivity index (χ1n) is 6.02. The lowest BCUT2D eigenvalue weighted by molar-refractivity contribution is 0.0899. The van der Waals surface area contributed by atoms with Crippen LogP contribution in [0.3, 0.4) is 0 Å². The predicted octanol–water partition coefficient (Wildman–Crippen LogP) is 0.778. The largest absolute Gasteiger partial charge is 0.496 e. The van der Waals surface area contributed by atoms with Gasteiger partial charge in [0, 0.05) is 12.2 Å². The van der Waals surface area contributed by atoms with Gasteiger partial charge in [-0.25, -0.2) is 0 Å². The molecule has 0 heterocycles. The summed E-state index contributed by atoms with van der Waals surface area (Å²) in [6.07, 6.45) is 1.60. The highest BCUT2D eigenvalue weighted by Gasteiger charge is 2.30. The summed E-state index contributed by atoms with van der Waals surface area (Å²) in [7, 11) is 1.49. The number of nitrogens with two attached hydrogens (primary N) is 1. The van der Waals surface area contributed by atoms with Gasteiger partial charge < -0.3 is 20.9 Å². The zero-order valence-electron chi connectivity index (χ0n) is 10.3. The summed E-state index contributed by atoms with van der Waals surface area (Å²) in [6, 6.07) is 5.06. The summed E-state index contributed by atoms with van der Waals surface area (Å²) in [5, 5.41) is 12.4. The lowest BCUT2D eigenvalue weighted by atomic mass is 10.1. The van der Waals surface area contributed by atoms with Crippen LogP contribution in [-0.4, -0.2) is 30.8 Å². The van der Waals surface area contributed by atoms with Crippen molar-refractivity contribution in [3.05, 3.63) is 23.8 Å². The molecule has 0 saturated heterocycles. The van der Waals surface area contributed by atoms with Crippen molar-refractivity contribution in [1.82, 2.24) is 5.32 Å². The monoisotopic (exact) mass is 250 g/mol. The molecule has 1 aromatic rings. The van der Waals surface area contributed by atoms with Crippen molar-refractivity contribution >= 4 is 11.6 Å². The van der Waals surface area contributed by atoms with E-state index in [0.717, 1.165) is 12.8 Å². The highest BCUT2D eigenvalue weighted by atomic mass is 16.5. The minimum absolute atomic E-state index is 0.251. The highest BCUT2D eigenvalue weighted by Crippen LogP contribution is 2.32. The topological polar surface area (TPSA) is 84.6 Å². The maximum Gasteiger partial charge on any atom is 0.257 e. The Morgan fingerprint density at radius 2 is 2.33 bits per heavy atom. The number of nitrogen functional groups attached to an aromatic ring is 1. The van der Waals surface area contributed by atoms with Crippen LogP contribution in [-0.2, 0) is 0 Å². The van der Waals surface area contributed by atoms with Gasteiger partial charge in [-0.15, -0.1) is 0 Å². The molecule has 4 N–H and O–H groups in total. The maximum atomic E-state index is 12.0. The molecular weight excluding hydrogens is 232 g/mol. The number of anilines is 1. The van der Waals surface area contributed by atoms with Crippen LogP contribution in [0, 0.1) is 5.92 Å². The van der Waals surface area contributed by atoms with E-state index in [1.807, 2.05) is 0 Å². The van der Waals surface area contributed by atoms with E-state index in [1.54, 1.807) is 18.2 Å². The fraction of sp³-hybridized carbons (Fsp3) is 0.462. The van der Waals surface area contributed by atoms with E-state index in [4.69, 9.17) is 10.5 Å². The molecule has 0 aromatic heterocycles. The van der Waals surface area contributed by atoms with Crippen molar-refractivity contribution in [2.24, 2.45) is 5.92 Å². The Bertz CT molecular complexity index is 444. The van der Waals surface area contributed by atoms with Crippen LogP contribution in [0.2, 0.25) is 0 Å². The molecule has 1 aromatic carbocycles. The molecule has 1 aliphatic carbocycles. The quantitative estimate of drug-likeness (QED) is 0.674. The molecule has 18 heavy (non-hydrogen) atoms. The van der Waals surface area contributed by atoms with Crippen molar-refractivity contribution in [1.29, 1.82) is 0 Å². The van der Waals surface area contributed by atoms with Crippen molar-refractivity contribution in [3.63, 3.8) is 0 Å². The molecule has 98 valence electrons. The van der Waals surface area contributed by atoms with Crippen molar-refractivity contribution in [3.8, 4) is 5.75 Å². The molecule has 0 spiro atoms. The van der Waals surface area contributed by atoms with Gasteiger partial charge in [0.25, 0.3) is 5.91 Å². The van der Waals surface area contributed by atoms with E-state index in [0.29, 0.717) is 22.9 Å². The van der Waals surface area contributed by atoms with Gasteiger partial charge in [0.2, 0.25) is 0 Å². The molecule has 1 saturated carbocycles. The Morgan fingerprint density at radius 1 is 1.61 bits per heavy atom. The number of nitrogens with one attached hydrogen (secondary N) is 1. The molecule has 1 aliphatic rings. The molecule has 1 atom stereocenters. The maximum absolute atomic E-state index is 12.0. The van der Waals surface area contributed by atoms with E-state index in [1.165, 1.54) is 7.11 Å². The van der Waals surface area contributed by atoms with E-state index in [2.05, 4.69) is 5.32 Å². The Balaban J connectivity index is 2.03.